The molecule has 0 aliphatic rings. The van der Waals surface area contributed by atoms with Crippen molar-refractivity contribution < 1.29 is 14.3 Å². The number of nitrogens with zero attached hydrogens (tertiary/aromatic N) is 2. The van der Waals surface area contributed by atoms with Crippen LogP contribution in [0.5, 0.6) is 5.75 Å². The fourth-order valence-corrected chi connectivity index (χ4v) is 3.89. The van der Waals surface area contributed by atoms with Crippen LogP contribution in [-0.2, 0) is 11.3 Å². The van der Waals surface area contributed by atoms with Gasteiger partial charge in [0.1, 0.15) is 17.9 Å². The maximum Gasteiger partial charge on any atom is 0.244 e. The number of aromatic nitrogens is 2. The zero-order chi connectivity index (χ0) is 24.4. The summed E-state index contributed by atoms with van der Waals surface area (Å²) in [6.07, 6.45) is 1.42. The maximum absolute atomic E-state index is 13.2. The van der Waals surface area contributed by atoms with Crippen molar-refractivity contribution in [2.75, 3.05) is 12.4 Å². The lowest BCUT2D eigenvalue weighted by atomic mass is 10.0. The van der Waals surface area contributed by atoms with Crippen molar-refractivity contribution >= 4 is 28.4 Å². The van der Waals surface area contributed by atoms with Crippen molar-refractivity contribution in [3.63, 3.8) is 0 Å². The highest BCUT2D eigenvalue weighted by Gasteiger charge is 2.19. The molecule has 0 fully saturated rings. The number of rotatable bonds is 6. The minimum atomic E-state index is -0.431. The molecular weight excluding hydrogens is 430 g/mol. The van der Waals surface area contributed by atoms with Gasteiger partial charge >= 0.3 is 0 Å². The molecule has 172 valence electrons. The van der Waals surface area contributed by atoms with E-state index in [2.05, 4.69) is 10.3 Å². The largest absolute Gasteiger partial charge is 0.497 e. The van der Waals surface area contributed by atoms with Crippen molar-refractivity contribution in [2.45, 2.75) is 27.3 Å². The number of nitrogens with one attached hydrogen (secondary N) is 1. The Morgan fingerprint density at radius 3 is 2.29 bits per heavy atom. The molecule has 2 aromatic carbocycles. The van der Waals surface area contributed by atoms with E-state index in [1.54, 1.807) is 47.9 Å². The van der Waals surface area contributed by atoms with E-state index in [9.17, 15) is 14.4 Å². The zero-order valence-electron chi connectivity index (χ0n) is 19.5. The Balaban J connectivity index is 1.76. The number of carbonyl (C=O) groups is 2. The standard InChI is InChI=1S/C27H25N3O4/c1-16-6-5-7-17(2)24(16)29-23(31)15-30-14-22(25(32)19-9-11-20(34-4)12-10-19)26(33)21-13-8-18(3)28-27(21)30/h5-14H,15H2,1-4H3,(H,29,31). The first kappa shape index (κ1) is 22.9. The van der Waals surface area contributed by atoms with Gasteiger partial charge in [0.15, 0.2) is 5.78 Å². The predicted molar refractivity (Wildman–Crippen MR) is 132 cm³/mol. The first-order valence-electron chi connectivity index (χ1n) is 10.8. The Kier molecular flexibility index (Phi) is 6.27. The molecule has 0 bridgehead atoms. The molecule has 0 saturated heterocycles. The Bertz CT molecular complexity index is 1450. The summed E-state index contributed by atoms with van der Waals surface area (Å²) in [7, 11) is 1.54. The first-order chi connectivity index (χ1) is 16.3. The van der Waals surface area contributed by atoms with Gasteiger partial charge in [0.05, 0.1) is 18.1 Å². The van der Waals surface area contributed by atoms with E-state index in [1.807, 2.05) is 32.0 Å². The summed E-state index contributed by atoms with van der Waals surface area (Å²) in [6, 6.07) is 15.7. The summed E-state index contributed by atoms with van der Waals surface area (Å²) in [5.74, 6) is -0.108. The smallest absolute Gasteiger partial charge is 0.244 e. The Hall–Kier alpha value is -4.26. The van der Waals surface area contributed by atoms with E-state index in [-0.39, 0.29) is 23.4 Å². The van der Waals surface area contributed by atoms with Crippen LogP contribution in [0.4, 0.5) is 5.69 Å². The summed E-state index contributed by atoms with van der Waals surface area (Å²) in [5.41, 5.74) is 3.60. The molecule has 4 aromatic rings. The third-order valence-electron chi connectivity index (χ3n) is 5.72. The second-order valence-electron chi connectivity index (χ2n) is 8.20. The molecule has 7 heteroatoms. The Morgan fingerprint density at radius 1 is 0.971 bits per heavy atom. The van der Waals surface area contributed by atoms with E-state index in [0.717, 1.165) is 16.8 Å². The Morgan fingerprint density at radius 2 is 1.65 bits per heavy atom. The highest BCUT2D eigenvalue weighted by molar-refractivity contribution is 6.10. The number of carbonyl (C=O) groups excluding carboxylic acids is 2. The van der Waals surface area contributed by atoms with Gasteiger partial charge in [-0.1, -0.05) is 18.2 Å². The molecule has 1 N–H and O–H groups in total. The van der Waals surface area contributed by atoms with Crippen molar-refractivity contribution in [3.05, 3.63) is 99.0 Å². The first-order valence-corrected chi connectivity index (χ1v) is 10.8. The molecule has 0 radical (unpaired) electrons. The average molecular weight is 456 g/mol. The molecule has 1 amide bonds. The minimum Gasteiger partial charge on any atom is -0.497 e. The number of ketones is 1. The van der Waals surface area contributed by atoms with Crippen molar-refractivity contribution in [1.29, 1.82) is 0 Å². The van der Waals surface area contributed by atoms with Gasteiger partial charge in [-0.05, 0) is 68.3 Å². The second kappa shape index (κ2) is 9.31. The normalized spacial score (nSPS) is 10.8. The molecule has 0 aliphatic carbocycles. The SMILES string of the molecule is COc1ccc(C(=O)c2cn(CC(=O)Nc3c(C)cccc3C)c3nc(C)ccc3c2=O)cc1. The van der Waals surface area contributed by atoms with E-state index in [0.29, 0.717) is 22.7 Å². The van der Waals surface area contributed by atoms with Gasteiger partial charge < -0.3 is 14.6 Å². The summed E-state index contributed by atoms with van der Waals surface area (Å²) >= 11 is 0. The summed E-state index contributed by atoms with van der Waals surface area (Å²) < 4.78 is 6.70. The van der Waals surface area contributed by atoms with Crippen LogP contribution in [0.2, 0.25) is 0 Å². The fourth-order valence-electron chi connectivity index (χ4n) is 3.89. The number of hydrogen-bond acceptors (Lipinski definition) is 5. The van der Waals surface area contributed by atoms with Gasteiger partial charge in [-0.3, -0.25) is 14.4 Å². The van der Waals surface area contributed by atoms with E-state index in [4.69, 9.17) is 4.74 Å². The topological polar surface area (TPSA) is 90.3 Å². The third-order valence-corrected chi connectivity index (χ3v) is 5.72. The van der Waals surface area contributed by atoms with Crippen molar-refractivity contribution in [1.82, 2.24) is 9.55 Å². The number of ether oxygens (including phenoxy) is 1. The number of amides is 1. The van der Waals surface area contributed by atoms with Gasteiger partial charge in [0, 0.05) is 23.1 Å². The van der Waals surface area contributed by atoms with E-state index >= 15 is 0 Å². The van der Waals surface area contributed by atoms with Crippen LogP contribution in [0.15, 0.2) is 65.6 Å². The van der Waals surface area contributed by atoms with Crippen LogP contribution in [0.25, 0.3) is 11.0 Å². The average Bonchev–Trinajstić information content (AvgIpc) is 2.83. The molecule has 4 rings (SSSR count). The van der Waals surface area contributed by atoms with Crippen molar-refractivity contribution in [3.8, 4) is 5.75 Å². The fraction of sp³-hybridized carbons (Fsp3) is 0.185. The number of hydrogen-bond donors (Lipinski definition) is 1. The number of aryl methyl sites for hydroxylation is 3. The number of methoxy groups -OCH3 is 1. The summed E-state index contributed by atoms with van der Waals surface area (Å²) in [6.45, 7) is 5.55. The lowest BCUT2D eigenvalue weighted by Gasteiger charge is -2.15. The molecule has 0 atom stereocenters. The Labute approximate surface area is 197 Å². The van der Waals surface area contributed by atoms with Crippen LogP contribution >= 0.6 is 0 Å². The quantitative estimate of drug-likeness (QED) is 0.440. The third kappa shape index (κ3) is 4.45. The van der Waals surface area contributed by atoms with Gasteiger partial charge in [-0.15, -0.1) is 0 Å². The highest BCUT2D eigenvalue weighted by Crippen LogP contribution is 2.20. The van der Waals surface area contributed by atoms with E-state index < -0.39 is 11.2 Å². The van der Waals surface area contributed by atoms with Gasteiger partial charge in [-0.25, -0.2) is 4.98 Å². The second-order valence-corrected chi connectivity index (χ2v) is 8.20. The predicted octanol–water partition coefficient (Wildman–Crippen LogP) is 4.20. The maximum atomic E-state index is 13.2. The van der Waals surface area contributed by atoms with Crippen LogP contribution < -0.4 is 15.5 Å². The summed E-state index contributed by atoms with van der Waals surface area (Å²) in [5, 5.41) is 3.23. The molecule has 34 heavy (non-hydrogen) atoms. The number of benzene rings is 2. The van der Waals surface area contributed by atoms with Gasteiger partial charge in [0.2, 0.25) is 11.3 Å². The number of anilines is 1. The van der Waals surface area contributed by atoms with Crippen LogP contribution in [0.3, 0.4) is 0 Å². The lowest BCUT2D eigenvalue weighted by Crippen LogP contribution is -2.25. The highest BCUT2D eigenvalue weighted by atomic mass is 16.5. The molecule has 0 saturated carbocycles. The number of pyridine rings is 2. The van der Waals surface area contributed by atoms with Crippen molar-refractivity contribution in [2.24, 2.45) is 0 Å². The zero-order valence-corrected chi connectivity index (χ0v) is 19.5. The molecule has 7 nitrogen and oxygen atoms in total. The van der Waals surface area contributed by atoms with Gasteiger partial charge in [-0.2, -0.15) is 0 Å². The van der Waals surface area contributed by atoms with Gasteiger partial charge in [0.25, 0.3) is 0 Å². The molecule has 0 aliphatic heterocycles. The molecular formula is C27H25N3O4. The summed E-state index contributed by atoms with van der Waals surface area (Å²) in [4.78, 5) is 43.9. The number of fused-ring (bicyclic) bond motifs is 1. The molecule has 0 spiro atoms. The van der Waals surface area contributed by atoms with Crippen LogP contribution in [0, 0.1) is 20.8 Å². The minimum absolute atomic E-state index is 0.0248. The molecule has 0 unspecified atom stereocenters. The molecule has 2 aromatic heterocycles. The monoisotopic (exact) mass is 455 g/mol. The van der Waals surface area contributed by atoms with E-state index in [1.165, 1.54) is 13.3 Å². The van der Waals surface area contributed by atoms with Crippen LogP contribution in [-0.4, -0.2) is 28.4 Å². The molecule has 2 heterocycles. The number of para-hydroxylation sites is 1. The van der Waals surface area contributed by atoms with Crippen LogP contribution in [0.1, 0.15) is 32.7 Å². The lowest BCUT2D eigenvalue weighted by molar-refractivity contribution is -0.116.